The van der Waals surface area contributed by atoms with Crippen molar-refractivity contribution in [3.63, 3.8) is 0 Å². The van der Waals surface area contributed by atoms with Crippen LogP contribution in [0.25, 0.3) is 16.7 Å². The number of fused-ring (bicyclic) bond motifs is 1. The lowest BCUT2D eigenvalue weighted by atomic mass is 9.82. The smallest absolute Gasteiger partial charge is 0.279 e. The van der Waals surface area contributed by atoms with E-state index in [1.165, 1.54) is 77.3 Å². The van der Waals surface area contributed by atoms with Crippen molar-refractivity contribution in [1.29, 1.82) is 0 Å². The van der Waals surface area contributed by atoms with Gasteiger partial charge in [-0.3, -0.25) is 9.52 Å². The summed E-state index contributed by atoms with van der Waals surface area (Å²) in [6.07, 6.45) is 12.4. The van der Waals surface area contributed by atoms with Crippen LogP contribution in [0, 0.1) is 0 Å². The standard InChI is InChI=1S/C30H38N6OS/c37-30(33-38-24-12-13-24)25-20-26(35-18-14-22(15-19-35)34-16-5-2-6-17-34)27-28(21-8-7-9-21)32-36(29(27)31-25)23-10-3-1-4-11-23/h1,3-4,10-11,20-22,24H,2,5-9,12-19H2,(H,33,37). The van der Waals surface area contributed by atoms with Gasteiger partial charge in [0.2, 0.25) is 0 Å². The molecule has 8 heteroatoms. The lowest BCUT2D eigenvalue weighted by Crippen LogP contribution is -2.46. The Hall–Kier alpha value is -2.58. The number of rotatable bonds is 7. The van der Waals surface area contributed by atoms with Crippen LogP contribution in [0.2, 0.25) is 0 Å². The van der Waals surface area contributed by atoms with E-state index in [1.807, 2.05) is 22.9 Å². The average molecular weight is 531 g/mol. The number of nitrogens with zero attached hydrogens (tertiary/aromatic N) is 5. The van der Waals surface area contributed by atoms with Crippen LogP contribution >= 0.6 is 11.9 Å². The summed E-state index contributed by atoms with van der Waals surface area (Å²) in [6.45, 7) is 4.53. The molecule has 7 rings (SSSR count). The van der Waals surface area contributed by atoms with E-state index in [0.717, 1.165) is 41.2 Å². The van der Waals surface area contributed by atoms with Crippen LogP contribution in [0.4, 0.5) is 5.69 Å². The third-order valence-electron chi connectivity index (χ3n) is 8.92. The summed E-state index contributed by atoms with van der Waals surface area (Å²) in [5.41, 5.74) is 4.62. The van der Waals surface area contributed by atoms with Crippen LogP contribution in [-0.2, 0) is 0 Å². The molecule has 0 spiro atoms. The topological polar surface area (TPSA) is 66.3 Å². The molecule has 3 aromatic rings. The largest absolute Gasteiger partial charge is 0.371 e. The number of pyridine rings is 1. The molecule has 4 heterocycles. The summed E-state index contributed by atoms with van der Waals surface area (Å²) in [6, 6.07) is 13.0. The third kappa shape index (κ3) is 4.81. The van der Waals surface area contributed by atoms with E-state index in [4.69, 9.17) is 10.1 Å². The molecule has 2 saturated heterocycles. The van der Waals surface area contributed by atoms with Gasteiger partial charge in [-0.25, -0.2) is 9.67 Å². The van der Waals surface area contributed by atoms with Gasteiger partial charge < -0.3 is 9.80 Å². The minimum absolute atomic E-state index is 0.0979. The number of benzene rings is 1. The summed E-state index contributed by atoms with van der Waals surface area (Å²) in [5.74, 6) is 0.373. The van der Waals surface area contributed by atoms with E-state index in [0.29, 0.717) is 22.9 Å². The highest BCUT2D eigenvalue weighted by atomic mass is 32.2. The molecule has 200 valence electrons. The van der Waals surface area contributed by atoms with Gasteiger partial charge in [-0.15, -0.1) is 0 Å². The van der Waals surface area contributed by atoms with Gasteiger partial charge in [0.05, 0.1) is 22.5 Å². The van der Waals surface area contributed by atoms with Crippen LogP contribution in [0.5, 0.6) is 0 Å². The highest BCUT2D eigenvalue weighted by Gasteiger charge is 2.33. The molecule has 2 aliphatic carbocycles. The minimum Gasteiger partial charge on any atom is -0.371 e. The van der Waals surface area contributed by atoms with Gasteiger partial charge in [0.25, 0.3) is 5.91 Å². The molecule has 0 radical (unpaired) electrons. The van der Waals surface area contributed by atoms with Gasteiger partial charge in [0.1, 0.15) is 5.69 Å². The third-order valence-corrected chi connectivity index (χ3v) is 10.0. The van der Waals surface area contributed by atoms with E-state index in [9.17, 15) is 4.79 Å². The van der Waals surface area contributed by atoms with Gasteiger partial charge in [0, 0.05) is 30.3 Å². The first-order valence-electron chi connectivity index (χ1n) is 14.7. The molecule has 2 aromatic heterocycles. The lowest BCUT2D eigenvalue weighted by Gasteiger charge is -2.41. The minimum atomic E-state index is -0.0979. The molecule has 38 heavy (non-hydrogen) atoms. The van der Waals surface area contributed by atoms with Crippen molar-refractivity contribution < 1.29 is 4.79 Å². The molecular formula is C30H38N6OS. The Labute approximate surface area is 229 Å². The number of carbonyl (C=O) groups excluding carboxylic acids is 1. The number of piperidine rings is 2. The van der Waals surface area contributed by atoms with E-state index >= 15 is 0 Å². The predicted molar refractivity (Wildman–Crippen MR) is 154 cm³/mol. The van der Waals surface area contributed by atoms with Gasteiger partial charge in [-0.2, -0.15) is 5.10 Å². The Morgan fingerprint density at radius 3 is 2.34 bits per heavy atom. The number of amides is 1. The maximum Gasteiger partial charge on any atom is 0.279 e. The number of anilines is 1. The highest BCUT2D eigenvalue weighted by Crippen LogP contribution is 2.43. The molecule has 0 bridgehead atoms. The average Bonchev–Trinajstić information content (AvgIpc) is 3.71. The number of hydrogen-bond donors (Lipinski definition) is 1. The van der Waals surface area contributed by atoms with Gasteiger partial charge in [0.15, 0.2) is 5.65 Å². The first-order valence-corrected chi connectivity index (χ1v) is 15.6. The summed E-state index contributed by atoms with van der Waals surface area (Å²) >= 11 is 1.55. The summed E-state index contributed by atoms with van der Waals surface area (Å²) in [5, 5.41) is 6.90. The normalized spacial score (nSPS) is 21.5. The molecule has 2 saturated carbocycles. The zero-order chi connectivity index (χ0) is 25.5. The second-order valence-electron chi connectivity index (χ2n) is 11.5. The number of likely N-dealkylation sites (tertiary alicyclic amines) is 1. The van der Waals surface area contributed by atoms with E-state index in [-0.39, 0.29) is 5.91 Å². The summed E-state index contributed by atoms with van der Waals surface area (Å²) in [4.78, 5) is 23.6. The molecular weight excluding hydrogens is 492 g/mol. The van der Waals surface area contributed by atoms with E-state index in [2.05, 4.69) is 32.7 Å². The van der Waals surface area contributed by atoms with Gasteiger partial charge in [-0.1, -0.05) is 31.0 Å². The highest BCUT2D eigenvalue weighted by molar-refractivity contribution is 7.98. The number of para-hydroxylation sites is 1. The van der Waals surface area contributed by atoms with Gasteiger partial charge >= 0.3 is 0 Å². The summed E-state index contributed by atoms with van der Waals surface area (Å²) < 4.78 is 5.06. The fourth-order valence-electron chi connectivity index (χ4n) is 6.34. The maximum atomic E-state index is 13.3. The number of aromatic nitrogens is 3. The van der Waals surface area contributed by atoms with Crippen LogP contribution in [-0.4, -0.2) is 63.0 Å². The van der Waals surface area contributed by atoms with Crippen molar-refractivity contribution in [2.45, 2.75) is 81.4 Å². The van der Waals surface area contributed by atoms with Crippen LogP contribution < -0.4 is 9.62 Å². The SMILES string of the molecule is O=C(NSC1CC1)c1cc(N2CCC(N3CCCCC3)CC2)c2c(C3CCC3)nn(-c3ccccc3)c2n1. The Balaban J connectivity index is 1.28. The van der Waals surface area contributed by atoms with Crippen molar-refractivity contribution in [3.8, 4) is 5.69 Å². The predicted octanol–water partition coefficient (Wildman–Crippen LogP) is 5.68. The number of carbonyl (C=O) groups is 1. The Bertz CT molecular complexity index is 1290. The van der Waals surface area contributed by atoms with Gasteiger partial charge in [-0.05, 0) is 94.6 Å². The lowest BCUT2D eigenvalue weighted by molar-refractivity contribution is 0.0980. The first-order chi connectivity index (χ1) is 18.7. The first kappa shape index (κ1) is 24.5. The van der Waals surface area contributed by atoms with E-state index < -0.39 is 0 Å². The molecule has 7 nitrogen and oxygen atoms in total. The van der Waals surface area contributed by atoms with Crippen LogP contribution in [0.3, 0.4) is 0 Å². The quantitative estimate of drug-likeness (QED) is 0.396. The molecule has 0 unspecified atom stereocenters. The number of nitrogens with one attached hydrogen (secondary N) is 1. The second-order valence-corrected chi connectivity index (χ2v) is 12.7. The molecule has 2 aliphatic heterocycles. The molecule has 4 aliphatic rings. The Kier molecular flexibility index (Phi) is 6.78. The molecule has 4 fully saturated rings. The molecule has 1 amide bonds. The zero-order valence-corrected chi connectivity index (χ0v) is 23.0. The molecule has 0 atom stereocenters. The van der Waals surface area contributed by atoms with E-state index in [1.54, 1.807) is 11.9 Å². The summed E-state index contributed by atoms with van der Waals surface area (Å²) in [7, 11) is 0. The van der Waals surface area contributed by atoms with Crippen molar-refractivity contribution in [3.05, 3.63) is 47.8 Å². The molecule has 1 aromatic carbocycles. The fraction of sp³-hybridized carbons (Fsp3) is 0.567. The van der Waals surface area contributed by atoms with Crippen molar-refractivity contribution in [1.82, 2.24) is 24.4 Å². The second kappa shape index (κ2) is 10.5. The Morgan fingerprint density at radius 2 is 1.66 bits per heavy atom. The zero-order valence-electron chi connectivity index (χ0n) is 22.1. The van der Waals surface area contributed by atoms with Crippen molar-refractivity contribution >= 4 is 34.6 Å². The number of hydrogen-bond acceptors (Lipinski definition) is 6. The Morgan fingerprint density at radius 1 is 0.895 bits per heavy atom. The van der Waals surface area contributed by atoms with Crippen molar-refractivity contribution in [2.75, 3.05) is 31.1 Å². The molecule has 1 N–H and O–H groups in total. The fourth-order valence-corrected chi connectivity index (χ4v) is 7.09. The van der Waals surface area contributed by atoms with Crippen LogP contribution in [0.1, 0.15) is 86.3 Å². The maximum absolute atomic E-state index is 13.3. The monoisotopic (exact) mass is 530 g/mol. The van der Waals surface area contributed by atoms with Crippen LogP contribution in [0.15, 0.2) is 36.4 Å². The van der Waals surface area contributed by atoms with Crippen molar-refractivity contribution in [2.24, 2.45) is 0 Å².